The highest BCUT2D eigenvalue weighted by Crippen LogP contribution is 2.34. The Kier molecular flexibility index (Phi) is 5.20. The Bertz CT molecular complexity index is 310. The van der Waals surface area contributed by atoms with Crippen molar-refractivity contribution in [2.45, 2.75) is 46.6 Å². The molecule has 0 amide bonds. The van der Waals surface area contributed by atoms with Crippen LogP contribution in [0.2, 0.25) is 0 Å². The van der Waals surface area contributed by atoms with Gasteiger partial charge in [0.05, 0.1) is 0 Å². The minimum Gasteiger partial charge on any atom is -0.294 e. The van der Waals surface area contributed by atoms with Gasteiger partial charge in [-0.3, -0.25) is 4.90 Å². The minimum absolute atomic E-state index is 0.201. The molecule has 0 N–H and O–H groups in total. The van der Waals surface area contributed by atoms with Crippen LogP contribution >= 0.6 is 0 Å². The third-order valence-electron chi connectivity index (χ3n) is 3.81. The number of benzene rings is 1. The third-order valence-corrected chi connectivity index (χ3v) is 3.81. The molecule has 1 aliphatic rings. The second-order valence-corrected chi connectivity index (χ2v) is 5.10. The van der Waals surface area contributed by atoms with E-state index in [0.717, 1.165) is 5.92 Å². The highest BCUT2D eigenvalue weighted by atomic mass is 15.2. The Morgan fingerprint density at radius 1 is 1.12 bits per heavy atom. The van der Waals surface area contributed by atoms with Crippen molar-refractivity contribution in [3.8, 4) is 0 Å². The van der Waals surface area contributed by atoms with E-state index in [9.17, 15) is 0 Å². The van der Waals surface area contributed by atoms with Crippen LogP contribution in [0.1, 0.15) is 46.6 Å². The van der Waals surface area contributed by atoms with Crippen molar-refractivity contribution in [1.29, 1.82) is 0 Å². The maximum atomic E-state index is 2.58. The van der Waals surface area contributed by atoms with Gasteiger partial charge in [-0.1, -0.05) is 57.5 Å². The minimum atomic E-state index is 0.201. The van der Waals surface area contributed by atoms with E-state index in [0.29, 0.717) is 0 Å². The standard InChI is InChI=1S/C14H21N.C2H6/c1-4-12-10-15(11-12)14(2,3)13-8-6-5-7-9-13;1-2/h5-9,12H,4,10-11H2,1-3H3;1-2H3. The van der Waals surface area contributed by atoms with E-state index in [1.165, 1.54) is 25.1 Å². The molecule has 2 rings (SSSR count). The summed E-state index contributed by atoms with van der Waals surface area (Å²) in [5.41, 5.74) is 1.63. The van der Waals surface area contributed by atoms with Gasteiger partial charge in [0.25, 0.3) is 0 Å². The van der Waals surface area contributed by atoms with Crippen LogP contribution in [0.15, 0.2) is 30.3 Å². The zero-order valence-electron chi connectivity index (χ0n) is 12.0. The number of rotatable bonds is 3. The zero-order chi connectivity index (χ0) is 12.9. The summed E-state index contributed by atoms with van der Waals surface area (Å²) < 4.78 is 0. The van der Waals surface area contributed by atoms with E-state index in [1.54, 1.807) is 0 Å². The molecular weight excluding hydrogens is 206 g/mol. The molecule has 0 saturated carbocycles. The number of hydrogen-bond acceptors (Lipinski definition) is 1. The summed E-state index contributed by atoms with van der Waals surface area (Å²) in [4.78, 5) is 2.58. The first-order valence-corrected chi connectivity index (χ1v) is 6.95. The van der Waals surface area contributed by atoms with Gasteiger partial charge in [-0.05, 0) is 25.3 Å². The average molecular weight is 233 g/mol. The van der Waals surface area contributed by atoms with E-state index in [2.05, 4.69) is 56.0 Å². The van der Waals surface area contributed by atoms with E-state index >= 15 is 0 Å². The molecule has 1 aromatic carbocycles. The van der Waals surface area contributed by atoms with Crippen LogP contribution in [-0.4, -0.2) is 18.0 Å². The average Bonchev–Trinajstić information content (AvgIpc) is 2.31. The molecular formula is C16H27N. The molecule has 1 heterocycles. The molecule has 1 nitrogen and oxygen atoms in total. The summed E-state index contributed by atoms with van der Waals surface area (Å²) in [6.07, 6.45) is 1.32. The van der Waals surface area contributed by atoms with Crippen LogP contribution in [-0.2, 0) is 5.54 Å². The van der Waals surface area contributed by atoms with Gasteiger partial charge < -0.3 is 0 Å². The van der Waals surface area contributed by atoms with Crippen molar-refractivity contribution in [2.24, 2.45) is 5.92 Å². The summed E-state index contributed by atoms with van der Waals surface area (Å²) in [5.74, 6) is 0.924. The van der Waals surface area contributed by atoms with Crippen LogP contribution in [0, 0.1) is 5.92 Å². The Labute approximate surface area is 107 Å². The predicted octanol–water partition coefficient (Wildman–Crippen LogP) is 4.29. The Morgan fingerprint density at radius 2 is 1.65 bits per heavy atom. The largest absolute Gasteiger partial charge is 0.294 e. The van der Waals surface area contributed by atoms with Gasteiger partial charge in [-0.25, -0.2) is 0 Å². The quantitative estimate of drug-likeness (QED) is 0.753. The molecule has 0 spiro atoms. The predicted molar refractivity (Wildman–Crippen MR) is 76.2 cm³/mol. The second-order valence-electron chi connectivity index (χ2n) is 5.10. The van der Waals surface area contributed by atoms with E-state index in [4.69, 9.17) is 0 Å². The monoisotopic (exact) mass is 233 g/mol. The van der Waals surface area contributed by atoms with E-state index in [1.807, 2.05) is 13.8 Å². The van der Waals surface area contributed by atoms with Gasteiger partial charge in [0.2, 0.25) is 0 Å². The first-order chi connectivity index (χ1) is 8.14. The van der Waals surface area contributed by atoms with Crippen molar-refractivity contribution in [1.82, 2.24) is 4.90 Å². The van der Waals surface area contributed by atoms with Crippen molar-refractivity contribution in [2.75, 3.05) is 13.1 Å². The maximum Gasteiger partial charge on any atom is 0.0404 e. The van der Waals surface area contributed by atoms with Crippen molar-refractivity contribution < 1.29 is 0 Å². The maximum absolute atomic E-state index is 2.58. The molecule has 1 saturated heterocycles. The Hall–Kier alpha value is -0.820. The van der Waals surface area contributed by atoms with Gasteiger partial charge in [0, 0.05) is 18.6 Å². The molecule has 1 fully saturated rings. The van der Waals surface area contributed by atoms with E-state index < -0.39 is 0 Å². The van der Waals surface area contributed by atoms with Crippen molar-refractivity contribution in [3.63, 3.8) is 0 Å². The Morgan fingerprint density at radius 3 is 2.12 bits per heavy atom. The molecule has 96 valence electrons. The zero-order valence-corrected chi connectivity index (χ0v) is 12.0. The number of nitrogens with zero attached hydrogens (tertiary/aromatic N) is 1. The van der Waals surface area contributed by atoms with E-state index in [-0.39, 0.29) is 5.54 Å². The molecule has 0 aliphatic carbocycles. The van der Waals surface area contributed by atoms with Crippen LogP contribution in [0.5, 0.6) is 0 Å². The van der Waals surface area contributed by atoms with Gasteiger partial charge in [-0.2, -0.15) is 0 Å². The van der Waals surface area contributed by atoms with Crippen LogP contribution in [0.4, 0.5) is 0 Å². The van der Waals surface area contributed by atoms with Crippen LogP contribution < -0.4 is 0 Å². The molecule has 1 aromatic rings. The van der Waals surface area contributed by atoms with Crippen LogP contribution in [0.3, 0.4) is 0 Å². The lowest BCUT2D eigenvalue weighted by Gasteiger charge is -2.49. The molecule has 0 unspecified atom stereocenters. The lowest BCUT2D eigenvalue weighted by Crippen LogP contribution is -2.55. The van der Waals surface area contributed by atoms with Gasteiger partial charge in [0.1, 0.15) is 0 Å². The molecule has 0 bridgehead atoms. The summed E-state index contributed by atoms with van der Waals surface area (Å²) >= 11 is 0. The first-order valence-electron chi connectivity index (χ1n) is 6.95. The van der Waals surface area contributed by atoms with Crippen LogP contribution in [0.25, 0.3) is 0 Å². The van der Waals surface area contributed by atoms with Gasteiger partial charge >= 0.3 is 0 Å². The smallest absolute Gasteiger partial charge is 0.0404 e. The lowest BCUT2D eigenvalue weighted by molar-refractivity contribution is -0.000286. The topological polar surface area (TPSA) is 3.24 Å². The van der Waals surface area contributed by atoms with Crippen molar-refractivity contribution >= 4 is 0 Å². The van der Waals surface area contributed by atoms with Gasteiger partial charge in [-0.15, -0.1) is 0 Å². The summed E-state index contributed by atoms with van der Waals surface area (Å²) in [7, 11) is 0. The first kappa shape index (κ1) is 14.2. The fourth-order valence-corrected chi connectivity index (χ4v) is 2.31. The third kappa shape index (κ3) is 3.10. The number of likely N-dealkylation sites (tertiary alicyclic amines) is 1. The fraction of sp³-hybridized carbons (Fsp3) is 0.625. The second kappa shape index (κ2) is 6.20. The Balaban J connectivity index is 0.000000686. The molecule has 17 heavy (non-hydrogen) atoms. The summed E-state index contributed by atoms with van der Waals surface area (Å²) in [6, 6.07) is 10.8. The molecule has 0 atom stereocenters. The highest BCUT2D eigenvalue weighted by Gasteiger charge is 2.37. The van der Waals surface area contributed by atoms with Gasteiger partial charge in [0.15, 0.2) is 0 Å². The SMILES string of the molecule is CC.CCC1CN(C(C)(C)c2ccccc2)C1. The normalized spacial score (nSPS) is 17.0. The lowest BCUT2D eigenvalue weighted by atomic mass is 9.85. The van der Waals surface area contributed by atoms with Crippen molar-refractivity contribution in [3.05, 3.63) is 35.9 Å². The molecule has 1 aliphatic heterocycles. The summed E-state index contributed by atoms with van der Waals surface area (Å²) in [5, 5.41) is 0. The number of hydrogen-bond donors (Lipinski definition) is 0. The summed E-state index contributed by atoms with van der Waals surface area (Å²) in [6.45, 7) is 13.5. The molecule has 0 radical (unpaired) electrons. The molecule has 0 aromatic heterocycles. The molecule has 1 heteroatoms. The fourth-order valence-electron chi connectivity index (χ4n) is 2.31. The highest BCUT2D eigenvalue weighted by molar-refractivity contribution is 5.23.